The first kappa shape index (κ1) is 14.0. The molecular formula is C15H15ClN4O. The lowest BCUT2D eigenvalue weighted by molar-refractivity contribution is 0.200. The Kier molecular flexibility index (Phi) is 3.61. The summed E-state index contributed by atoms with van der Waals surface area (Å²) in [6.45, 7) is 3.96. The van der Waals surface area contributed by atoms with Gasteiger partial charge in [-0.15, -0.1) is 0 Å². The van der Waals surface area contributed by atoms with Crippen LogP contribution in [0.4, 0.5) is 0 Å². The molecule has 0 aliphatic rings. The molecule has 0 bridgehead atoms. The molecule has 0 spiro atoms. The molecule has 1 aromatic carbocycles. The predicted molar refractivity (Wildman–Crippen MR) is 81.2 cm³/mol. The average Bonchev–Trinajstić information content (AvgIpc) is 2.88. The summed E-state index contributed by atoms with van der Waals surface area (Å²) in [5, 5.41) is 15.2. The van der Waals surface area contributed by atoms with E-state index in [4.69, 9.17) is 11.6 Å². The van der Waals surface area contributed by atoms with E-state index in [0.29, 0.717) is 16.4 Å². The second-order valence-electron chi connectivity index (χ2n) is 5.10. The highest BCUT2D eigenvalue weighted by molar-refractivity contribution is 6.31. The maximum Gasteiger partial charge on any atom is 0.141 e. The molecule has 0 aliphatic heterocycles. The van der Waals surface area contributed by atoms with E-state index in [1.165, 1.54) is 6.20 Å². The summed E-state index contributed by atoms with van der Waals surface area (Å²) in [7, 11) is 0. The molecule has 0 aliphatic carbocycles. The molecule has 108 valence electrons. The number of nitrogens with zero attached hydrogens (tertiary/aromatic N) is 4. The van der Waals surface area contributed by atoms with Gasteiger partial charge in [-0.3, -0.25) is 9.67 Å². The molecule has 1 unspecified atom stereocenters. The SMILES string of the molecule is CC(C)n1ncc(Cl)c1C(O)c1cnc2ccccc2n1. The van der Waals surface area contributed by atoms with E-state index < -0.39 is 6.10 Å². The maximum absolute atomic E-state index is 10.6. The summed E-state index contributed by atoms with van der Waals surface area (Å²) >= 11 is 6.16. The quantitative estimate of drug-likeness (QED) is 0.807. The van der Waals surface area contributed by atoms with E-state index in [9.17, 15) is 5.11 Å². The van der Waals surface area contributed by atoms with Gasteiger partial charge in [-0.05, 0) is 26.0 Å². The third-order valence-corrected chi connectivity index (χ3v) is 3.57. The number of para-hydroxylation sites is 2. The Bertz CT molecular complexity index is 784. The van der Waals surface area contributed by atoms with Crippen LogP contribution < -0.4 is 0 Å². The summed E-state index contributed by atoms with van der Waals surface area (Å²) in [6.07, 6.45) is 2.15. The third-order valence-electron chi connectivity index (χ3n) is 3.28. The Morgan fingerprint density at radius 2 is 1.86 bits per heavy atom. The lowest BCUT2D eigenvalue weighted by Crippen LogP contribution is -2.13. The van der Waals surface area contributed by atoms with E-state index >= 15 is 0 Å². The lowest BCUT2D eigenvalue weighted by atomic mass is 10.1. The van der Waals surface area contributed by atoms with Crippen LogP contribution in [0.15, 0.2) is 36.7 Å². The lowest BCUT2D eigenvalue weighted by Gasteiger charge is -2.16. The van der Waals surface area contributed by atoms with Gasteiger partial charge in [0.05, 0.1) is 39.8 Å². The zero-order valence-corrected chi connectivity index (χ0v) is 12.5. The summed E-state index contributed by atoms with van der Waals surface area (Å²) < 4.78 is 1.70. The highest BCUT2D eigenvalue weighted by atomic mass is 35.5. The monoisotopic (exact) mass is 302 g/mol. The summed E-state index contributed by atoms with van der Waals surface area (Å²) in [6, 6.07) is 7.62. The summed E-state index contributed by atoms with van der Waals surface area (Å²) in [5.41, 5.74) is 2.52. The first-order valence-corrected chi connectivity index (χ1v) is 7.08. The van der Waals surface area contributed by atoms with Gasteiger partial charge in [0, 0.05) is 6.04 Å². The molecule has 5 nitrogen and oxygen atoms in total. The van der Waals surface area contributed by atoms with Crippen molar-refractivity contribution in [3.05, 3.63) is 53.1 Å². The fraction of sp³-hybridized carbons (Fsp3) is 0.267. The summed E-state index contributed by atoms with van der Waals surface area (Å²) in [4.78, 5) is 8.78. The van der Waals surface area contributed by atoms with Gasteiger partial charge in [-0.1, -0.05) is 23.7 Å². The fourth-order valence-electron chi connectivity index (χ4n) is 2.26. The van der Waals surface area contributed by atoms with Crippen LogP contribution in [0.2, 0.25) is 5.02 Å². The van der Waals surface area contributed by atoms with Crippen molar-refractivity contribution in [2.24, 2.45) is 0 Å². The van der Waals surface area contributed by atoms with Crippen molar-refractivity contribution < 1.29 is 5.11 Å². The van der Waals surface area contributed by atoms with Crippen molar-refractivity contribution in [1.82, 2.24) is 19.7 Å². The number of halogens is 1. The number of hydrogen-bond acceptors (Lipinski definition) is 4. The van der Waals surface area contributed by atoms with Gasteiger partial charge in [-0.25, -0.2) is 4.98 Å². The third kappa shape index (κ3) is 2.50. The van der Waals surface area contributed by atoms with Crippen LogP contribution in [0.5, 0.6) is 0 Å². The van der Waals surface area contributed by atoms with E-state index in [1.54, 1.807) is 10.9 Å². The molecule has 6 heteroatoms. The van der Waals surface area contributed by atoms with Crippen LogP contribution in [0, 0.1) is 0 Å². The van der Waals surface area contributed by atoms with Crippen LogP contribution in [0.1, 0.15) is 37.4 Å². The van der Waals surface area contributed by atoms with Gasteiger partial charge in [-0.2, -0.15) is 5.10 Å². The van der Waals surface area contributed by atoms with Gasteiger partial charge in [0.15, 0.2) is 0 Å². The second-order valence-corrected chi connectivity index (χ2v) is 5.51. The van der Waals surface area contributed by atoms with Crippen molar-refractivity contribution in [1.29, 1.82) is 0 Å². The zero-order chi connectivity index (χ0) is 15.0. The minimum atomic E-state index is -0.959. The molecular weight excluding hydrogens is 288 g/mol. The first-order chi connectivity index (χ1) is 10.1. The van der Waals surface area contributed by atoms with Gasteiger partial charge < -0.3 is 5.11 Å². The fourth-order valence-corrected chi connectivity index (χ4v) is 2.49. The number of rotatable bonds is 3. The minimum absolute atomic E-state index is 0.0931. The number of hydrogen-bond donors (Lipinski definition) is 1. The molecule has 3 aromatic rings. The largest absolute Gasteiger partial charge is 0.380 e. The molecule has 0 fully saturated rings. The van der Waals surface area contributed by atoms with Crippen molar-refractivity contribution in [2.45, 2.75) is 26.0 Å². The smallest absolute Gasteiger partial charge is 0.141 e. The average molecular weight is 303 g/mol. The van der Waals surface area contributed by atoms with Gasteiger partial charge in [0.2, 0.25) is 0 Å². The van der Waals surface area contributed by atoms with Crippen LogP contribution in [0.3, 0.4) is 0 Å². The van der Waals surface area contributed by atoms with Crippen molar-refractivity contribution in [3.8, 4) is 0 Å². The van der Waals surface area contributed by atoms with Crippen LogP contribution in [-0.4, -0.2) is 24.9 Å². The first-order valence-electron chi connectivity index (χ1n) is 6.70. The predicted octanol–water partition coefficient (Wildman–Crippen LogP) is 3.14. The van der Waals surface area contributed by atoms with Crippen molar-refractivity contribution >= 4 is 22.6 Å². The number of aliphatic hydroxyl groups is 1. The Morgan fingerprint density at radius 3 is 2.57 bits per heavy atom. The molecule has 0 amide bonds. The van der Waals surface area contributed by atoms with Crippen molar-refractivity contribution in [2.75, 3.05) is 0 Å². The number of aliphatic hydroxyl groups excluding tert-OH is 1. The number of benzene rings is 1. The zero-order valence-electron chi connectivity index (χ0n) is 11.7. The van der Waals surface area contributed by atoms with E-state index in [2.05, 4.69) is 15.1 Å². The normalized spacial score (nSPS) is 13.0. The van der Waals surface area contributed by atoms with Crippen LogP contribution >= 0.6 is 11.6 Å². The summed E-state index contributed by atoms with van der Waals surface area (Å²) in [5.74, 6) is 0. The topological polar surface area (TPSA) is 63.8 Å². The Morgan fingerprint density at radius 1 is 1.14 bits per heavy atom. The van der Waals surface area contributed by atoms with E-state index in [-0.39, 0.29) is 6.04 Å². The molecule has 21 heavy (non-hydrogen) atoms. The standard InChI is InChI=1S/C15H15ClN4O/c1-9(2)20-14(10(16)7-18-20)15(21)13-8-17-11-5-3-4-6-12(11)19-13/h3-9,15,21H,1-2H3. The Labute approximate surface area is 127 Å². The Hall–Kier alpha value is -1.98. The van der Waals surface area contributed by atoms with E-state index in [0.717, 1.165) is 11.0 Å². The molecule has 3 rings (SSSR count). The molecule has 0 saturated heterocycles. The molecule has 2 heterocycles. The van der Waals surface area contributed by atoms with Crippen LogP contribution in [0.25, 0.3) is 11.0 Å². The van der Waals surface area contributed by atoms with Crippen molar-refractivity contribution in [3.63, 3.8) is 0 Å². The van der Waals surface area contributed by atoms with E-state index in [1.807, 2.05) is 38.1 Å². The van der Waals surface area contributed by atoms with Gasteiger partial charge >= 0.3 is 0 Å². The van der Waals surface area contributed by atoms with Gasteiger partial charge in [0.1, 0.15) is 6.10 Å². The number of aromatic nitrogens is 4. The molecule has 1 atom stereocenters. The molecule has 1 N–H and O–H groups in total. The van der Waals surface area contributed by atoms with Crippen LogP contribution in [-0.2, 0) is 0 Å². The highest BCUT2D eigenvalue weighted by Gasteiger charge is 2.22. The van der Waals surface area contributed by atoms with Gasteiger partial charge in [0.25, 0.3) is 0 Å². The second kappa shape index (κ2) is 5.42. The Balaban J connectivity index is 2.08. The molecule has 0 saturated carbocycles. The molecule has 2 aromatic heterocycles. The minimum Gasteiger partial charge on any atom is -0.380 e. The molecule has 0 radical (unpaired) electrons. The maximum atomic E-state index is 10.6. The highest BCUT2D eigenvalue weighted by Crippen LogP contribution is 2.29. The number of fused-ring (bicyclic) bond motifs is 1.